The van der Waals surface area contributed by atoms with E-state index in [0.29, 0.717) is 13.1 Å². The van der Waals surface area contributed by atoms with Crippen LogP contribution in [0, 0.1) is 6.92 Å². The summed E-state index contributed by atoms with van der Waals surface area (Å²) in [6.07, 6.45) is 2.90. The highest BCUT2D eigenvalue weighted by molar-refractivity contribution is 5.89. The van der Waals surface area contributed by atoms with E-state index < -0.39 is 0 Å². The van der Waals surface area contributed by atoms with Crippen molar-refractivity contribution >= 4 is 17.6 Å². The van der Waals surface area contributed by atoms with Crippen molar-refractivity contribution in [3.05, 3.63) is 29.8 Å². The standard InChI is InChI=1S/C19H27N3O3/c1-14-5-4-6-15(13-14)20-18(24)22-11-9-19(10-12-22)8-7-16(25-19)17(23)21(2)3/h4-6,13,16H,7-12H2,1-3H3,(H,20,24). The van der Waals surface area contributed by atoms with E-state index >= 15 is 0 Å². The normalized spacial score (nSPS) is 22.0. The molecule has 2 aliphatic heterocycles. The SMILES string of the molecule is Cc1cccc(NC(=O)N2CCC3(CCC(C(=O)N(C)C)O3)CC2)c1. The number of likely N-dealkylation sites (N-methyl/N-ethyl adjacent to an activating group) is 1. The van der Waals surface area contributed by atoms with Crippen molar-refractivity contribution < 1.29 is 14.3 Å². The minimum absolute atomic E-state index is 0.0384. The molecule has 25 heavy (non-hydrogen) atoms. The first kappa shape index (κ1) is 17.7. The van der Waals surface area contributed by atoms with Gasteiger partial charge in [0.05, 0.1) is 5.60 Å². The van der Waals surface area contributed by atoms with Crippen molar-refractivity contribution in [3.8, 4) is 0 Å². The number of likely N-dealkylation sites (tertiary alicyclic amines) is 1. The Morgan fingerprint density at radius 1 is 1.24 bits per heavy atom. The molecule has 6 heteroatoms. The number of nitrogens with one attached hydrogen (secondary N) is 1. The smallest absolute Gasteiger partial charge is 0.321 e. The molecule has 2 fully saturated rings. The number of carbonyl (C=O) groups excluding carboxylic acids is 2. The van der Waals surface area contributed by atoms with E-state index in [1.807, 2.05) is 36.1 Å². The summed E-state index contributed by atoms with van der Waals surface area (Å²) in [5.41, 5.74) is 1.70. The topological polar surface area (TPSA) is 61.9 Å². The maximum atomic E-state index is 12.5. The molecule has 1 unspecified atom stereocenters. The number of piperidine rings is 1. The number of nitrogens with zero attached hydrogens (tertiary/aromatic N) is 2. The molecule has 2 aliphatic rings. The molecule has 0 radical (unpaired) electrons. The second kappa shape index (κ2) is 7.04. The predicted molar refractivity (Wildman–Crippen MR) is 96.5 cm³/mol. The summed E-state index contributed by atoms with van der Waals surface area (Å²) < 4.78 is 6.13. The molecular formula is C19H27N3O3. The van der Waals surface area contributed by atoms with E-state index in [9.17, 15) is 9.59 Å². The Morgan fingerprint density at radius 3 is 2.60 bits per heavy atom. The molecule has 1 aromatic carbocycles. The van der Waals surface area contributed by atoms with Crippen LogP contribution in [0.25, 0.3) is 0 Å². The van der Waals surface area contributed by atoms with Gasteiger partial charge in [-0.15, -0.1) is 0 Å². The lowest BCUT2D eigenvalue weighted by atomic mass is 9.88. The van der Waals surface area contributed by atoms with E-state index in [4.69, 9.17) is 4.74 Å². The Morgan fingerprint density at radius 2 is 1.96 bits per heavy atom. The number of ether oxygens (including phenoxy) is 1. The third-order valence-electron chi connectivity index (χ3n) is 5.20. The fraction of sp³-hybridized carbons (Fsp3) is 0.579. The fourth-order valence-electron chi connectivity index (χ4n) is 3.69. The van der Waals surface area contributed by atoms with Gasteiger partial charge in [-0.1, -0.05) is 12.1 Å². The Balaban J connectivity index is 1.53. The number of anilines is 1. The van der Waals surface area contributed by atoms with Gasteiger partial charge in [0.25, 0.3) is 5.91 Å². The molecule has 0 bridgehead atoms. The second-order valence-corrected chi connectivity index (χ2v) is 7.35. The Bertz CT molecular complexity index is 651. The molecule has 3 rings (SSSR count). The first-order valence-electron chi connectivity index (χ1n) is 8.90. The summed E-state index contributed by atoms with van der Waals surface area (Å²) in [6.45, 7) is 3.31. The first-order valence-corrected chi connectivity index (χ1v) is 8.90. The predicted octanol–water partition coefficient (Wildman–Crippen LogP) is 2.63. The fourth-order valence-corrected chi connectivity index (χ4v) is 3.69. The van der Waals surface area contributed by atoms with Crippen LogP contribution in [0.3, 0.4) is 0 Å². The maximum Gasteiger partial charge on any atom is 0.321 e. The molecule has 3 amide bonds. The van der Waals surface area contributed by atoms with E-state index in [1.54, 1.807) is 19.0 Å². The van der Waals surface area contributed by atoms with Crippen LogP contribution in [0.4, 0.5) is 10.5 Å². The van der Waals surface area contributed by atoms with Gasteiger partial charge in [0, 0.05) is 32.9 Å². The highest BCUT2D eigenvalue weighted by Gasteiger charge is 2.45. The summed E-state index contributed by atoms with van der Waals surface area (Å²) in [4.78, 5) is 28.0. The van der Waals surface area contributed by atoms with Crippen molar-refractivity contribution in [1.82, 2.24) is 9.80 Å². The summed E-state index contributed by atoms with van der Waals surface area (Å²) >= 11 is 0. The van der Waals surface area contributed by atoms with Crippen LogP contribution in [0.15, 0.2) is 24.3 Å². The zero-order valence-corrected chi connectivity index (χ0v) is 15.2. The van der Waals surface area contributed by atoms with Crippen molar-refractivity contribution in [2.24, 2.45) is 0 Å². The largest absolute Gasteiger partial charge is 0.362 e. The van der Waals surface area contributed by atoms with Gasteiger partial charge in [0.15, 0.2) is 0 Å². The summed E-state index contributed by atoms with van der Waals surface area (Å²) in [5.74, 6) is 0.0384. The number of urea groups is 1. The molecule has 2 heterocycles. The Labute approximate surface area is 149 Å². The van der Waals surface area contributed by atoms with Gasteiger partial charge in [0.2, 0.25) is 0 Å². The minimum atomic E-state index is -0.331. The summed E-state index contributed by atoms with van der Waals surface area (Å²) in [5, 5.41) is 2.96. The third-order valence-corrected chi connectivity index (χ3v) is 5.20. The average Bonchev–Trinajstić information content (AvgIpc) is 2.98. The van der Waals surface area contributed by atoms with Gasteiger partial charge in [-0.25, -0.2) is 4.79 Å². The van der Waals surface area contributed by atoms with Gasteiger partial charge in [-0.2, -0.15) is 0 Å². The molecule has 0 aliphatic carbocycles. The van der Waals surface area contributed by atoms with E-state index in [0.717, 1.165) is 36.9 Å². The lowest BCUT2D eigenvalue weighted by molar-refractivity contribution is -0.148. The molecule has 136 valence electrons. The van der Waals surface area contributed by atoms with Crippen LogP contribution >= 0.6 is 0 Å². The van der Waals surface area contributed by atoms with Crippen LogP contribution in [0.1, 0.15) is 31.2 Å². The number of hydrogen-bond donors (Lipinski definition) is 1. The lowest BCUT2D eigenvalue weighted by Crippen LogP contribution is -2.48. The Kier molecular flexibility index (Phi) is 4.99. The first-order chi connectivity index (χ1) is 11.9. The van der Waals surface area contributed by atoms with Crippen molar-refractivity contribution in [2.45, 2.75) is 44.3 Å². The monoisotopic (exact) mass is 345 g/mol. The van der Waals surface area contributed by atoms with Crippen molar-refractivity contribution in [3.63, 3.8) is 0 Å². The van der Waals surface area contributed by atoms with Crippen LogP contribution in [-0.2, 0) is 9.53 Å². The summed E-state index contributed by atoms with van der Waals surface area (Å²) in [7, 11) is 3.52. The van der Waals surface area contributed by atoms with Crippen LogP contribution in [-0.4, -0.2) is 60.6 Å². The number of rotatable bonds is 2. The van der Waals surface area contributed by atoms with Crippen molar-refractivity contribution in [2.75, 3.05) is 32.5 Å². The second-order valence-electron chi connectivity index (χ2n) is 7.35. The zero-order valence-electron chi connectivity index (χ0n) is 15.2. The number of carbonyl (C=O) groups is 2. The van der Waals surface area contributed by atoms with Crippen LogP contribution in [0.2, 0.25) is 0 Å². The van der Waals surface area contributed by atoms with Crippen molar-refractivity contribution in [1.29, 1.82) is 0 Å². The third kappa shape index (κ3) is 3.95. The molecule has 0 aromatic heterocycles. The van der Waals surface area contributed by atoms with E-state index in [1.165, 1.54) is 0 Å². The quantitative estimate of drug-likeness (QED) is 0.896. The highest BCUT2D eigenvalue weighted by Crippen LogP contribution is 2.39. The minimum Gasteiger partial charge on any atom is -0.362 e. The van der Waals surface area contributed by atoms with Gasteiger partial charge < -0.3 is 19.9 Å². The number of aryl methyl sites for hydroxylation is 1. The van der Waals surface area contributed by atoms with Gasteiger partial charge in [0.1, 0.15) is 6.10 Å². The molecular weight excluding hydrogens is 318 g/mol. The maximum absolute atomic E-state index is 12.5. The van der Waals surface area contributed by atoms with E-state index in [-0.39, 0.29) is 23.6 Å². The average molecular weight is 345 g/mol. The Hall–Kier alpha value is -2.08. The lowest BCUT2D eigenvalue weighted by Gasteiger charge is -2.39. The van der Waals surface area contributed by atoms with Crippen LogP contribution < -0.4 is 5.32 Å². The zero-order chi connectivity index (χ0) is 18.0. The van der Waals surface area contributed by atoms with E-state index in [2.05, 4.69) is 5.32 Å². The highest BCUT2D eigenvalue weighted by atomic mass is 16.5. The molecule has 1 atom stereocenters. The number of benzene rings is 1. The molecule has 1 spiro atoms. The number of hydrogen-bond acceptors (Lipinski definition) is 3. The van der Waals surface area contributed by atoms with Crippen LogP contribution in [0.5, 0.6) is 0 Å². The number of amides is 3. The molecule has 6 nitrogen and oxygen atoms in total. The summed E-state index contributed by atoms with van der Waals surface area (Å²) in [6, 6.07) is 7.72. The molecule has 0 saturated carbocycles. The molecule has 1 aromatic rings. The van der Waals surface area contributed by atoms with Gasteiger partial charge in [-0.05, 0) is 50.3 Å². The van der Waals surface area contributed by atoms with Gasteiger partial charge in [-0.3, -0.25) is 4.79 Å². The molecule has 1 N–H and O–H groups in total. The molecule has 2 saturated heterocycles. The van der Waals surface area contributed by atoms with Gasteiger partial charge >= 0.3 is 6.03 Å².